The standard InChI is InChI=1S/C26H25N3O5/c1-17-13-21(24(30)28(2)3)9-12-23(17)20-6-4-5-19(14-20)16-33-22-10-7-18(8-11-22)15-29-25(31)27-26(32)34-29/h4-14H,15-16H2,1-3H3,(H,27,31,32). The first-order valence-corrected chi connectivity index (χ1v) is 10.7. The van der Waals surface area contributed by atoms with Gasteiger partial charge in [-0.3, -0.25) is 4.79 Å². The molecule has 0 bridgehead atoms. The van der Waals surface area contributed by atoms with Crippen LogP contribution in [-0.4, -0.2) is 34.6 Å². The number of hydrogen-bond donors (Lipinski definition) is 1. The van der Waals surface area contributed by atoms with Gasteiger partial charge in [-0.2, -0.15) is 0 Å². The lowest BCUT2D eigenvalue weighted by molar-refractivity contribution is 0.0827. The van der Waals surface area contributed by atoms with Crippen LogP contribution in [0.15, 0.2) is 80.8 Å². The third-order valence-corrected chi connectivity index (χ3v) is 5.40. The van der Waals surface area contributed by atoms with Gasteiger partial charge in [-0.05, 0) is 65.1 Å². The Morgan fingerprint density at radius 1 is 1.00 bits per heavy atom. The average Bonchev–Trinajstić information content (AvgIpc) is 3.14. The van der Waals surface area contributed by atoms with Crippen molar-refractivity contribution in [3.63, 3.8) is 0 Å². The zero-order chi connectivity index (χ0) is 24.2. The monoisotopic (exact) mass is 459 g/mol. The zero-order valence-electron chi connectivity index (χ0n) is 19.2. The van der Waals surface area contributed by atoms with Crippen LogP contribution in [0.1, 0.15) is 27.0 Å². The Balaban J connectivity index is 1.43. The fourth-order valence-electron chi connectivity index (χ4n) is 3.65. The van der Waals surface area contributed by atoms with Crippen molar-refractivity contribution in [1.82, 2.24) is 14.6 Å². The van der Waals surface area contributed by atoms with Gasteiger partial charge >= 0.3 is 11.4 Å². The van der Waals surface area contributed by atoms with Gasteiger partial charge in [0.25, 0.3) is 5.91 Å². The Hall–Kier alpha value is -4.33. The van der Waals surface area contributed by atoms with E-state index in [1.165, 1.54) is 0 Å². The van der Waals surface area contributed by atoms with E-state index < -0.39 is 11.4 Å². The van der Waals surface area contributed by atoms with Crippen molar-refractivity contribution in [1.29, 1.82) is 0 Å². The molecule has 8 nitrogen and oxygen atoms in total. The highest BCUT2D eigenvalue weighted by Crippen LogP contribution is 2.26. The molecule has 0 saturated carbocycles. The Labute approximate surface area is 196 Å². The van der Waals surface area contributed by atoms with Gasteiger partial charge in [0.15, 0.2) is 0 Å². The summed E-state index contributed by atoms with van der Waals surface area (Å²) in [6, 6.07) is 21.1. The predicted molar refractivity (Wildman–Crippen MR) is 128 cm³/mol. The van der Waals surface area contributed by atoms with Crippen molar-refractivity contribution in [3.05, 3.63) is 110 Å². The molecule has 0 fully saturated rings. The third kappa shape index (κ3) is 5.17. The molecule has 0 aliphatic rings. The molecule has 0 atom stereocenters. The predicted octanol–water partition coefficient (Wildman–Crippen LogP) is 3.43. The smallest absolute Gasteiger partial charge is 0.440 e. The second kappa shape index (κ2) is 9.66. The minimum absolute atomic E-state index is 0.0208. The van der Waals surface area contributed by atoms with E-state index in [4.69, 9.17) is 9.26 Å². The summed E-state index contributed by atoms with van der Waals surface area (Å²) in [5.41, 5.74) is 5.03. The molecule has 0 aliphatic heterocycles. The number of carbonyl (C=O) groups excluding carboxylic acids is 1. The summed E-state index contributed by atoms with van der Waals surface area (Å²) in [7, 11) is 3.48. The number of ether oxygens (including phenoxy) is 1. The van der Waals surface area contributed by atoms with Crippen molar-refractivity contribution in [2.24, 2.45) is 0 Å². The van der Waals surface area contributed by atoms with Crippen LogP contribution >= 0.6 is 0 Å². The Morgan fingerprint density at radius 2 is 1.76 bits per heavy atom. The van der Waals surface area contributed by atoms with Gasteiger partial charge < -0.3 is 14.2 Å². The molecule has 0 saturated heterocycles. The van der Waals surface area contributed by atoms with Gasteiger partial charge in [-0.25, -0.2) is 14.6 Å². The van der Waals surface area contributed by atoms with E-state index in [1.54, 1.807) is 31.1 Å². The second-order valence-electron chi connectivity index (χ2n) is 8.21. The summed E-state index contributed by atoms with van der Waals surface area (Å²) >= 11 is 0. The Morgan fingerprint density at radius 3 is 2.41 bits per heavy atom. The molecule has 0 unspecified atom stereocenters. The Bertz CT molecular complexity index is 1430. The van der Waals surface area contributed by atoms with Crippen molar-refractivity contribution in [2.75, 3.05) is 14.1 Å². The summed E-state index contributed by atoms with van der Waals surface area (Å²) in [6.07, 6.45) is 0. The Kier molecular flexibility index (Phi) is 6.49. The van der Waals surface area contributed by atoms with E-state index >= 15 is 0 Å². The molecule has 1 aromatic heterocycles. The fourth-order valence-corrected chi connectivity index (χ4v) is 3.65. The van der Waals surface area contributed by atoms with E-state index in [0.29, 0.717) is 17.9 Å². The maximum absolute atomic E-state index is 12.2. The van der Waals surface area contributed by atoms with E-state index in [-0.39, 0.29) is 12.5 Å². The molecule has 34 heavy (non-hydrogen) atoms. The third-order valence-electron chi connectivity index (χ3n) is 5.40. The molecule has 1 heterocycles. The molecule has 3 aromatic carbocycles. The molecule has 0 aliphatic carbocycles. The molecule has 1 N–H and O–H groups in total. The van der Waals surface area contributed by atoms with Crippen LogP contribution in [0, 0.1) is 6.92 Å². The largest absolute Gasteiger partial charge is 0.489 e. The highest BCUT2D eigenvalue weighted by atomic mass is 16.5. The molecule has 0 spiro atoms. The summed E-state index contributed by atoms with van der Waals surface area (Å²) in [4.78, 5) is 38.5. The van der Waals surface area contributed by atoms with Crippen molar-refractivity contribution in [3.8, 4) is 16.9 Å². The number of aryl methyl sites for hydroxylation is 1. The summed E-state index contributed by atoms with van der Waals surface area (Å²) < 4.78 is 11.7. The van der Waals surface area contributed by atoms with Crippen LogP contribution < -0.4 is 16.2 Å². The summed E-state index contributed by atoms with van der Waals surface area (Å²) in [5, 5.41) is 0. The van der Waals surface area contributed by atoms with Crippen LogP contribution in [-0.2, 0) is 13.2 Å². The number of nitrogens with one attached hydrogen (secondary N) is 1. The quantitative estimate of drug-likeness (QED) is 0.457. The van der Waals surface area contributed by atoms with Crippen molar-refractivity contribution in [2.45, 2.75) is 20.1 Å². The van der Waals surface area contributed by atoms with E-state index in [2.05, 4.69) is 11.1 Å². The van der Waals surface area contributed by atoms with Gasteiger partial charge in [0.2, 0.25) is 0 Å². The van der Waals surface area contributed by atoms with Crippen LogP contribution in [0.5, 0.6) is 5.75 Å². The van der Waals surface area contributed by atoms with Crippen molar-refractivity contribution < 1.29 is 14.1 Å². The number of nitrogens with zero attached hydrogens (tertiary/aromatic N) is 2. The summed E-state index contributed by atoms with van der Waals surface area (Å²) in [6.45, 7) is 2.53. The van der Waals surface area contributed by atoms with Crippen LogP contribution in [0.25, 0.3) is 11.1 Å². The van der Waals surface area contributed by atoms with Crippen molar-refractivity contribution >= 4 is 5.91 Å². The molecular formula is C26H25N3O5. The normalized spacial score (nSPS) is 10.8. The first-order valence-electron chi connectivity index (χ1n) is 10.7. The number of H-pyrrole nitrogens is 1. The molecule has 0 radical (unpaired) electrons. The number of hydrogen-bond acceptors (Lipinski definition) is 5. The van der Waals surface area contributed by atoms with E-state index in [1.807, 2.05) is 55.5 Å². The number of rotatable bonds is 7. The zero-order valence-corrected chi connectivity index (χ0v) is 19.2. The molecule has 4 aromatic rings. The number of aromatic nitrogens is 2. The van der Waals surface area contributed by atoms with Gasteiger partial charge in [0, 0.05) is 19.7 Å². The number of carbonyl (C=O) groups is 1. The highest BCUT2D eigenvalue weighted by molar-refractivity contribution is 5.94. The fraction of sp³-hybridized carbons (Fsp3) is 0.192. The number of aromatic amines is 1. The molecule has 8 heteroatoms. The van der Waals surface area contributed by atoms with E-state index in [0.717, 1.165) is 32.6 Å². The van der Waals surface area contributed by atoms with E-state index in [9.17, 15) is 14.4 Å². The lowest BCUT2D eigenvalue weighted by Crippen LogP contribution is -2.21. The molecule has 4 rings (SSSR count). The maximum atomic E-state index is 12.2. The molecule has 174 valence electrons. The van der Waals surface area contributed by atoms with Gasteiger partial charge in [0.1, 0.15) is 12.4 Å². The second-order valence-corrected chi connectivity index (χ2v) is 8.21. The maximum Gasteiger partial charge on any atom is 0.440 e. The van der Waals surface area contributed by atoms with Gasteiger partial charge in [-0.15, -0.1) is 4.74 Å². The topological polar surface area (TPSA) is 97.5 Å². The lowest BCUT2D eigenvalue weighted by Gasteiger charge is -2.13. The number of benzene rings is 3. The lowest BCUT2D eigenvalue weighted by atomic mass is 9.97. The highest BCUT2D eigenvalue weighted by Gasteiger charge is 2.11. The molecular weight excluding hydrogens is 434 g/mol. The minimum Gasteiger partial charge on any atom is -0.489 e. The van der Waals surface area contributed by atoms with Crippen LogP contribution in [0.2, 0.25) is 0 Å². The average molecular weight is 460 g/mol. The SMILES string of the molecule is Cc1cc(C(=O)N(C)C)ccc1-c1cccc(COc2ccc(Cn3oc(=O)[nH]c3=O)cc2)c1. The minimum atomic E-state index is -0.777. The summed E-state index contributed by atoms with van der Waals surface area (Å²) in [5.74, 6) is -0.118. The number of amides is 1. The first-order chi connectivity index (χ1) is 16.3. The van der Waals surface area contributed by atoms with Gasteiger partial charge in [-0.1, -0.05) is 36.4 Å². The van der Waals surface area contributed by atoms with Gasteiger partial charge in [0.05, 0.1) is 6.54 Å². The van der Waals surface area contributed by atoms with Crippen LogP contribution in [0.3, 0.4) is 0 Å². The van der Waals surface area contributed by atoms with Crippen LogP contribution in [0.4, 0.5) is 0 Å². The first kappa shape index (κ1) is 22.8. The molecule has 1 amide bonds.